The van der Waals surface area contributed by atoms with Crippen molar-refractivity contribution in [3.05, 3.63) is 48.6 Å². The predicted molar refractivity (Wildman–Crippen MR) is 123 cm³/mol. The summed E-state index contributed by atoms with van der Waals surface area (Å²) >= 11 is 0. The van der Waals surface area contributed by atoms with Crippen LogP contribution in [0.15, 0.2) is 48.6 Å². The molecular weight excluding hydrogens is 396 g/mol. The largest absolute Gasteiger partial charge is 0.463 e. The van der Waals surface area contributed by atoms with E-state index >= 15 is 0 Å². The van der Waals surface area contributed by atoms with Crippen molar-refractivity contribution in [3.8, 4) is 0 Å². The molecule has 0 radical (unpaired) electrons. The number of rotatable bonds is 18. The molecule has 31 heavy (non-hydrogen) atoms. The first kappa shape index (κ1) is 28.8. The number of allylic oxidation sites excluding steroid dienone is 7. The minimum absolute atomic E-state index is 0.168. The van der Waals surface area contributed by atoms with Gasteiger partial charge in [0.15, 0.2) is 0 Å². The second kappa shape index (κ2) is 21.1. The van der Waals surface area contributed by atoms with E-state index in [2.05, 4.69) is 42.0 Å². The first-order valence-corrected chi connectivity index (χ1v) is 11.2. The Labute approximate surface area is 187 Å². The summed E-state index contributed by atoms with van der Waals surface area (Å²) in [4.78, 5) is 22.2. The topological polar surface area (TPSA) is 93.1 Å². The highest BCUT2D eigenvalue weighted by molar-refractivity contribution is 5.69. The second-order valence-electron chi connectivity index (χ2n) is 7.29. The van der Waals surface area contributed by atoms with Crippen LogP contribution in [-0.4, -0.2) is 47.6 Å². The van der Waals surface area contributed by atoms with E-state index in [1.165, 1.54) is 6.92 Å². The van der Waals surface area contributed by atoms with E-state index in [1.807, 2.05) is 18.2 Å². The molecule has 0 aliphatic carbocycles. The standard InChI is InChI=1S/C25H40O6/c1-3-4-17-23(27)18-15-13-11-9-7-5-6-8-10-12-14-16-19-25(29)31-21-24(28)20-30-22(2)26/h5-6,9-12,15,18,23-24,27-28H,3-4,7-8,13-14,16-17,19-21H2,1-2H3/b6-5-,11-9-,12-10-,18-15-/t23-,24-/m0/s1. The molecule has 0 spiro atoms. The highest BCUT2D eigenvalue weighted by Gasteiger charge is 2.09. The molecule has 0 aromatic carbocycles. The van der Waals surface area contributed by atoms with Crippen LogP contribution in [-0.2, 0) is 19.1 Å². The fourth-order valence-electron chi connectivity index (χ4n) is 2.47. The number of esters is 2. The first-order chi connectivity index (χ1) is 15.0. The van der Waals surface area contributed by atoms with Gasteiger partial charge in [-0.2, -0.15) is 0 Å². The third-order valence-corrected chi connectivity index (χ3v) is 4.20. The minimum Gasteiger partial charge on any atom is -0.463 e. The molecule has 0 unspecified atom stereocenters. The molecule has 2 atom stereocenters. The molecule has 0 amide bonds. The van der Waals surface area contributed by atoms with Crippen LogP contribution in [0.25, 0.3) is 0 Å². The third-order valence-electron chi connectivity index (χ3n) is 4.20. The summed E-state index contributed by atoms with van der Waals surface area (Å²) < 4.78 is 9.56. The normalized spacial score (nSPS) is 14.1. The van der Waals surface area contributed by atoms with Gasteiger partial charge in [0.25, 0.3) is 0 Å². The summed E-state index contributed by atoms with van der Waals surface area (Å²) in [6.07, 6.45) is 22.4. The van der Waals surface area contributed by atoms with Crippen molar-refractivity contribution in [1.29, 1.82) is 0 Å². The number of aliphatic hydroxyl groups excluding tert-OH is 2. The predicted octanol–water partition coefficient (Wildman–Crippen LogP) is 4.57. The average Bonchev–Trinajstić information content (AvgIpc) is 2.74. The molecular formula is C25H40O6. The van der Waals surface area contributed by atoms with Gasteiger partial charge in [-0.1, -0.05) is 68.4 Å². The van der Waals surface area contributed by atoms with Gasteiger partial charge >= 0.3 is 11.9 Å². The van der Waals surface area contributed by atoms with E-state index < -0.39 is 12.1 Å². The van der Waals surface area contributed by atoms with Gasteiger partial charge in [-0.25, -0.2) is 0 Å². The van der Waals surface area contributed by atoms with Crippen molar-refractivity contribution in [2.24, 2.45) is 0 Å². The Hall–Kier alpha value is -2.18. The number of carbonyl (C=O) groups excluding carboxylic acids is 2. The van der Waals surface area contributed by atoms with Gasteiger partial charge in [0.2, 0.25) is 0 Å². The smallest absolute Gasteiger partial charge is 0.305 e. The van der Waals surface area contributed by atoms with Crippen LogP contribution >= 0.6 is 0 Å². The molecule has 0 bridgehead atoms. The van der Waals surface area contributed by atoms with Crippen molar-refractivity contribution in [2.75, 3.05) is 13.2 Å². The van der Waals surface area contributed by atoms with Gasteiger partial charge in [-0.05, 0) is 38.5 Å². The van der Waals surface area contributed by atoms with Crippen molar-refractivity contribution in [3.63, 3.8) is 0 Å². The molecule has 0 aromatic heterocycles. The Balaban J connectivity index is 3.63. The van der Waals surface area contributed by atoms with Crippen LogP contribution in [0.4, 0.5) is 0 Å². The summed E-state index contributed by atoms with van der Waals surface area (Å²) in [5.74, 6) is -0.849. The number of unbranched alkanes of at least 4 members (excludes halogenated alkanes) is 2. The van der Waals surface area contributed by atoms with Crippen molar-refractivity contribution in [1.82, 2.24) is 0 Å². The molecule has 6 nitrogen and oxygen atoms in total. The van der Waals surface area contributed by atoms with Crippen LogP contribution in [0.1, 0.15) is 71.6 Å². The zero-order chi connectivity index (χ0) is 23.2. The Morgan fingerprint density at radius 3 is 2.03 bits per heavy atom. The number of hydrogen-bond donors (Lipinski definition) is 2. The van der Waals surface area contributed by atoms with Crippen molar-refractivity contribution >= 4 is 11.9 Å². The molecule has 0 saturated carbocycles. The van der Waals surface area contributed by atoms with Crippen LogP contribution in [0.2, 0.25) is 0 Å². The van der Waals surface area contributed by atoms with Gasteiger partial charge in [-0.15, -0.1) is 0 Å². The number of ether oxygens (including phenoxy) is 2. The lowest BCUT2D eigenvalue weighted by molar-refractivity contribution is -0.151. The van der Waals surface area contributed by atoms with Crippen molar-refractivity contribution < 1.29 is 29.3 Å². The maximum atomic E-state index is 11.6. The highest BCUT2D eigenvalue weighted by atomic mass is 16.6. The monoisotopic (exact) mass is 436 g/mol. The highest BCUT2D eigenvalue weighted by Crippen LogP contribution is 2.03. The zero-order valence-corrected chi connectivity index (χ0v) is 19.1. The minimum atomic E-state index is -0.991. The average molecular weight is 437 g/mol. The number of aliphatic hydroxyl groups is 2. The molecule has 0 heterocycles. The van der Waals surface area contributed by atoms with E-state index in [0.717, 1.165) is 44.9 Å². The molecule has 6 heteroatoms. The number of hydrogen-bond acceptors (Lipinski definition) is 6. The van der Waals surface area contributed by atoms with Gasteiger partial charge in [-0.3, -0.25) is 9.59 Å². The maximum absolute atomic E-state index is 11.6. The molecule has 176 valence electrons. The lowest BCUT2D eigenvalue weighted by Crippen LogP contribution is -2.24. The summed E-state index contributed by atoms with van der Waals surface area (Å²) in [7, 11) is 0. The summed E-state index contributed by atoms with van der Waals surface area (Å²) in [5, 5.41) is 19.2. The summed E-state index contributed by atoms with van der Waals surface area (Å²) in [6.45, 7) is 3.03. The second-order valence-corrected chi connectivity index (χ2v) is 7.29. The summed E-state index contributed by atoms with van der Waals surface area (Å²) in [6, 6.07) is 0. The van der Waals surface area contributed by atoms with Crippen LogP contribution < -0.4 is 0 Å². The van der Waals surface area contributed by atoms with Crippen molar-refractivity contribution in [2.45, 2.75) is 83.8 Å². The van der Waals surface area contributed by atoms with E-state index in [1.54, 1.807) is 0 Å². The first-order valence-electron chi connectivity index (χ1n) is 11.2. The fourth-order valence-corrected chi connectivity index (χ4v) is 2.47. The van der Waals surface area contributed by atoms with E-state index in [0.29, 0.717) is 6.42 Å². The van der Waals surface area contributed by atoms with E-state index in [4.69, 9.17) is 4.74 Å². The van der Waals surface area contributed by atoms with Gasteiger partial charge in [0, 0.05) is 13.3 Å². The Morgan fingerprint density at radius 2 is 1.42 bits per heavy atom. The Morgan fingerprint density at radius 1 is 0.839 bits per heavy atom. The van der Waals surface area contributed by atoms with E-state index in [-0.39, 0.29) is 31.7 Å². The molecule has 0 aliphatic rings. The van der Waals surface area contributed by atoms with E-state index in [9.17, 15) is 19.8 Å². The van der Waals surface area contributed by atoms with Crippen LogP contribution in [0.5, 0.6) is 0 Å². The number of carbonyl (C=O) groups is 2. The lowest BCUT2D eigenvalue weighted by atomic mass is 10.1. The quantitative estimate of drug-likeness (QED) is 0.186. The molecule has 0 rings (SSSR count). The molecule has 0 saturated heterocycles. The van der Waals surface area contributed by atoms with Crippen LogP contribution in [0, 0.1) is 0 Å². The van der Waals surface area contributed by atoms with Gasteiger partial charge < -0.3 is 19.7 Å². The molecule has 0 aromatic rings. The van der Waals surface area contributed by atoms with Gasteiger partial charge in [0.05, 0.1) is 6.10 Å². The Kier molecular flexibility index (Phi) is 19.6. The zero-order valence-electron chi connectivity index (χ0n) is 19.1. The third kappa shape index (κ3) is 22.3. The maximum Gasteiger partial charge on any atom is 0.305 e. The summed E-state index contributed by atoms with van der Waals surface area (Å²) in [5.41, 5.74) is 0. The molecule has 0 fully saturated rings. The molecule has 2 N–H and O–H groups in total. The Bertz CT molecular complexity index is 577. The fraction of sp³-hybridized carbons (Fsp3) is 0.600. The van der Waals surface area contributed by atoms with Crippen LogP contribution in [0.3, 0.4) is 0 Å². The molecule has 0 aliphatic heterocycles. The SMILES string of the molecule is CCCC[C@H](O)/C=C\C/C=C\C/C=C\C/C=C\CCCC(=O)OC[C@@H](O)COC(C)=O. The van der Waals surface area contributed by atoms with Gasteiger partial charge in [0.1, 0.15) is 19.3 Å². The lowest BCUT2D eigenvalue weighted by Gasteiger charge is -2.10.